The van der Waals surface area contributed by atoms with Crippen molar-refractivity contribution in [3.63, 3.8) is 0 Å². The van der Waals surface area contributed by atoms with Crippen molar-refractivity contribution in [1.29, 1.82) is 5.26 Å². The summed E-state index contributed by atoms with van der Waals surface area (Å²) >= 11 is 0. The Morgan fingerprint density at radius 2 is 1.81 bits per heavy atom. The van der Waals surface area contributed by atoms with Crippen LogP contribution in [-0.4, -0.2) is 71.2 Å². The zero-order chi connectivity index (χ0) is 31.0. The summed E-state index contributed by atoms with van der Waals surface area (Å²) in [6.07, 6.45) is -5.10. The molecule has 5 fully saturated rings. The van der Waals surface area contributed by atoms with Crippen LogP contribution in [0.15, 0.2) is 0 Å². The van der Waals surface area contributed by atoms with Crippen LogP contribution in [0.1, 0.15) is 73.1 Å². The number of carbonyl (C=O) groups is 4. The van der Waals surface area contributed by atoms with Gasteiger partial charge in [0.25, 0.3) is 0 Å². The van der Waals surface area contributed by atoms with Gasteiger partial charge in [-0.25, -0.2) is 4.79 Å². The van der Waals surface area contributed by atoms with Gasteiger partial charge in [-0.2, -0.15) is 18.4 Å². The van der Waals surface area contributed by atoms with Crippen LogP contribution in [0.3, 0.4) is 0 Å². The van der Waals surface area contributed by atoms with Gasteiger partial charge in [0.15, 0.2) is 0 Å². The molecule has 3 N–H and O–H groups in total. The van der Waals surface area contributed by atoms with Gasteiger partial charge in [-0.05, 0) is 61.2 Å². The maximum atomic E-state index is 13.9. The smallest absolute Gasteiger partial charge is 0.425 e. The van der Waals surface area contributed by atoms with Crippen molar-refractivity contribution < 1.29 is 37.1 Å². The molecule has 5 aliphatic rings. The van der Waals surface area contributed by atoms with Crippen LogP contribution >= 0.6 is 0 Å². The molecule has 13 heteroatoms. The van der Waals surface area contributed by atoms with Crippen LogP contribution in [0.5, 0.6) is 0 Å². The fraction of sp³-hybridized carbons (Fsp3) is 0.828. The highest BCUT2D eigenvalue weighted by Gasteiger charge is 2.70. The number of carbonyl (C=O) groups excluding carboxylic acids is 4. The maximum Gasteiger partial charge on any atom is 0.425 e. The van der Waals surface area contributed by atoms with Crippen LogP contribution in [-0.2, 0) is 19.1 Å². The third kappa shape index (κ3) is 5.78. The van der Waals surface area contributed by atoms with Crippen molar-refractivity contribution in [2.24, 2.45) is 34.5 Å². The van der Waals surface area contributed by atoms with Crippen molar-refractivity contribution in [2.45, 2.75) is 109 Å². The van der Waals surface area contributed by atoms with Gasteiger partial charge in [0, 0.05) is 23.9 Å². The Hall–Kier alpha value is -3.04. The average molecular weight is 596 g/mol. The predicted molar refractivity (Wildman–Crippen MR) is 142 cm³/mol. The first-order valence-electron chi connectivity index (χ1n) is 14.7. The first-order chi connectivity index (χ1) is 19.4. The quantitative estimate of drug-likeness (QED) is 0.394. The molecule has 7 atom stereocenters. The Bertz CT molecular complexity index is 1200. The molecule has 3 aliphatic carbocycles. The number of likely N-dealkylation sites (tertiary alicyclic amines) is 1. The topological polar surface area (TPSA) is 141 Å². The second kappa shape index (κ2) is 10.0. The number of halogens is 3. The number of rotatable bonds is 8. The number of alkyl halides is 3. The highest BCUT2D eigenvalue weighted by molar-refractivity contribution is 5.93. The number of hydrogen-bond acceptors (Lipinski definition) is 6. The molecule has 3 saturated carbocycles. The van der Waals surface area contributed by atoms with E-state index in [1.807, 2.05) is 13.8 Å². The standard InChI is InChI=1S/C29H40F3N5O5/c1-26(2,3)20(35-25(41)42-21(14-6-7-14)29(30,31)32)24(40)37-13-17-18(27(17,4)5)19(37)23(39)34-16(12-33)10-15-11-28(8-9-28)36-22(15)38/h14-21H,6-11,13H2,1-5H3,(H,34,39)(H,35,41)(H,36,38)/t15-,16+,17+,18+,19+,20-,21?/m1/s1. The molecular weight excluding hydrogens is 555 g/mol. The van der Waals surface area contributed by atoms with Crippen LogP contribution < -0.4 is 16.0 Å². The van der Waals surface area contributed by atoms with Crippen LogP contribution in [0.2, 0.25) is 0 Å². The van der Waals surface area contributed by atoms with E-state index in [0.717, 1.165) is 12.8 Å². The molecule has 2 heterocycles. The number of alkyl carbamates (subject to hydrolysis) is 1. The minimum atomic E-state index is -4.72. The third-order valence-electron chi connectivity index (χ3n) is 9.98. The SMILES string of the molecule is CC(C)(C)[C@H](NC(=O)OC(C1CC1)C(F)(F)F)C(=O)N1C[C@H]2[C@@H]([C@H]1C(=O)N[C@H](C#N)C[C@@H]1CC3(CC3)NC1=O)C2(C)C. The fourth-order valence-corrected chi connectivity index (χ4v) is 7.06. The first-order valence-corrected chi connectivity index (χ1v) is 14.7. The molecule has 232 valence electrons. The number of hydrogen-bond donors (Lipinski definition) is 3. The normalized spacial score (nSPS) is 30.8. The monoisotopic (exact) mass is 595 g/mol. The van der Waals surface area contributed by atoms with Crippen LogP contribution in [0.4, 0.5) is 18.0 Å². The van der Waals surface area contributed by atoms with E-state index < -0.39 is 59.6 Å². The summed E-state index contributed by atoms with van der Waals surface area (Å²) in [5.74, 6) is -2.61. The molecule has 2 aliphatic heterocycles. The molecule has 0 aromatic rings. The van der Waals surface area contributed by atoms with Crippen molar-refractivity contribution in [1.82, 2.24) is 20.9 Å². The van der Waals surface area contributed by atoms with Crippen LogP contribution in [0.25, 0.3) is 0 Å². The third-order valence-corrected chi connectivity index (χ3v) is 9.98. The van der Waals surface area contributed by atoms with Gasteiger partial charge in [-0.3, -0.25) is 14.4 Å². The Morgan fingerprint density at radius 1 is 1.17 bits per heavy atom. The number of fused-ring (bicyclic) bond motifs is 1. The molecule has 1 unspecified atom stereocenters. The molecule has 4 amide bonds. The Kier molecular flexibility index (Phi) is 7.25. The summed E-state index contributed by atoms with van der Waals surface area (Å²) in [6, 6.07) is -1.05. The molecule has 0 bridgehead atoms. The Morgan fingerprint density at radius 3 is 2.31 bits per heavy atom. The minimum absolute atomic E-state index is 0.00474. The van der Waals surface area contributed by atoms with Gasteiger partial charge in [0.2, 0.25) is 23.8 Å². The van der Waals surface area contributed by atoms with E-state index in [0.29, 0.717) is 19.3 Å². The second-order valence-corrected chi connectivity index (χ2v) is 14.6. The Labute approximate surface area is 243 Å². The summed E-state index contributed by atoms with van der Waals surface area (Å²) in [6.45, 7) is 9.22. The summed E-state index contributed by atoms with van der Waals surface area (Å²) in [4.78, 5) is 54.1. The van der Waals surface area contributed by atoms with Crippen molar-refractivity contribution in [2.75, 3.05) is 6.54 Å². The molecule has 0 aromatic heterocycles. The van der Waals surface area contributed by atoms with Gasteiger partial charge in [-0.1, -0.05) is 34.6 Å². The average Bonchev–Trinajstić information content (AvgIpc) is 3.82. The molecule has 0 aromatic carbocycles. The lowest BCUT2D eigenvalue weighted by Crippen LogP contribution is -2.60. The summed E-state index contributed by atoms with van der Waals surface area (Å²) < 4.78 is 45.2. The largest absolute Gasteiger partial charge is 0.436 e. The van der Waals surface area contributed by atoms with E-state index in [1.165, 1.54) is 4.90 Å². The fourth-order valence-electron chi connectivity index (χ4n) is 7.06. The first kappa shape index (κ1) is 30.4. The number of piperidine rings is 1. The molecule has 0 radical (unpaired) electrons. The van der Waals surface area contributed by atoms with Gasteiger partial charge in [0.1, 0.15) is 18.1 Å². The zero-order valence-corrected chi connectivity index (χ0v) is 24.6. The van der Waals surface area contributed by atoms with E-state index in [4.69, 9.17) is 4.74 Å². The highest BCUT2D eigenvalue weighted by atomic mass is 19.4. The highest BCUT2D eigenvalue weighted by Crippen LogP contribution is 2.65. The number of ether oxygens (including phenoxy) is 1. The number of nitrogens with one attached hydrogen (secondary N) is 3. The van der Waals surface area contributed by atoms with Gasteiger partial charge in [-0.15, -0.1) is 0 Å². The number of amides is 4. The van der Waals surface area contributed by atoms with E-state index in [-0.39, 0.29) is 47.6 Å². The summed E-state index contributed by atoms with van der Waals surface area (Å²) in [5, 5.41) is 17.9. The van der Waals surface area contributed by atoms with Gasteiger partial charge < -0.3 is 25.6 Å². The number of nitriles is 1. The predicted octanol–water partition coefficient (Wildman–Crippen LogP) is 3.02. The lowest BCUT2D eigenvalue weighted by atomic mass is 9.85. The minimum Gasteiger partial charge on any atom is -0.436 e. The summed E-state index contributed by atoms with van der Waals surface area (Å²) in [7, 11) is 0. The van der Waals surface area contributed by atoms with Crippen LogP contribution in [0, 0.1) is 45.8 Å². The van der Waals surface area contributed by atoms with Crippen molar-refractivity contribution in [3.05, 3.63) is 0 Å². The van der Waals surface area contributed by atoms with E-state index in [1.54, 1.807) is 20.8 Å². The van der Waals surface area contributed by atoms with Crippen molar-refractivity contribution in [3.8, 4) is 6.07 Å². The molecule has 42 heavy (non-hydrogen) atoms. The molecule has 2 saturated heterocycles. The molecule has 1 spiro atoms. The molecular formula is C29H40F3N5O5. The lowest BCUT2D eigenvalue weighted by Gasteiger charge is -2.37. The van der Waals surface area contributed by atoms with E-state index >= 15 is 0 Å². The maximum absolute atomic E-state index is 13.9. The number of nitrogens with zero attached hydrogens (tertiary/aromatic N) is 2. The van der Waals surface area contributed by atoms with E-state index in [2.05, 4.69) is 22.0 Å². The summed E-state index contributed by atoms with van der Waals surface area (Å²) in [5.41, 5.74) is -1.32. The second-order valence-electron chi connectivity index (χ2n) is 14.6. The molecule has 5 rings (SSSR count). The van der Waals surface area contributed by atoms with E-state index in [9.17, 15) is 37.6 Å². The van der Waals surface area contributed by atoms with Gasteiger partial charge >= 0.3 is 12.3 Å². The molecule has 10 nitrogen and oxygen atoms in total. The van der Waals surface area contributed by atoms with Crippen molar-refractivity contribution >= 4 is 23.8 Å². The lowest BCUT2D eigenvalue weighted by molar-refractivity contribution is -0.209. The van der Waals surface area contributed by atoms with Gasteiger partial charge in [0.05, 0.1) is 6.07 Å². The Balaban J connectivity index is 1.29. The zero-order valence-electron chi connectivity index (χ0n) is 24.6.